The minimum absolute atomic E-state index is 0.321. The van der Waals surface area contributed by atoms with Crippen molar-refractivity contribution in [2.45, 2.75) is 51.2 Å². The molecule has 0 amide bonds. The van der Waals surface area contributed by atoms with Gasteiger partial charge in [-0.2, -0.15) is 5.26 Å². The first-order valence-electron chi connectivity index (χ1n) is 7.32. The minimum Gasteiger partial charge on any atom is -0.491 e. The highest BCUT2D eigenvalue weighted by atomic mass is 16.5. The summed E-state index contributed by atoms with van der Waals surface area (Å²) in [5.74, 6) is 0.800. The molecule has 4 heteroatoms. The van der Waals surface area contributed by atoms with Crippen molar-refractivity contribution in [3.63, 3.8) is 0 Å². The van der Waals surface area contributed by atoms with E-state index in [1.54, 1.807) is 0 Å². The second kappa shape index (κ2) is 7.28. The summed E-state index contributed by atoms with van der Waals surface area (Å²) in [5, 5.41) is 11.5. The van der Waals surface area contributed by atoms with Crippen LogP contribution in [0.15, 0.2) is 30.3 Å². The number of nitriles is 1. The van der Waals surface area contributed by atoms with Gasteiger partial charge in [-0.3, -0.25) is 0 Å². The fourth-order valence-electron chi connectivity index (χ4n) is 2.66. The number of nitrogens with one attached hydrogen (secondary N) is 1. The van der Waals surface area contributed by atoms with E-state index in [4.69, 9.17) is 4.74 Å². The van der Waals surface area contributed by atoms with E-state index in [1.807, 2.05) is 30.3 Å². The molecule has 0 aromatic heterocycles. The number of para-hydroxylation sites is 1. The van der Waals surface area contributed by atoms with Crippen LogP contribution >= 0.6 is 0 Å². The average Bonchev–Trinajstić information content (AvgIpc) is 2.47. The molecule has 1 heterocycles. The largest absolute Gasteiger partial charge is 0.491 e. The zero-order chi connectivity index (χ0) is 14.4. The lowest BCUT2D eigenvalue weighted by molar-refractivity contribution is 0.0305. The van der Waals surface area contributed by atoms with Crippen LogP contribution in [0.3, 0.4) is 0 Å². The van der Waals surface area contributed by atoms with Crippen molar-refractivity contribution in [2.75, 3.05) is 6.61 Å². The predicted octanol–water partition coefficient (Wildman–Crippen LogP) is 2.73. The summed E-state index contributed by atoms with van der Waals surface area (Å²) in [6.45, 7) is 4.76. The van der Waals surface area contributed by atoms with Crippen molar-refractivity contribution >= 4 is 0 Å². The molecule has 1 aliphatic heterocycles. The lowest BCUT2D eigenvalue weighted by atomic mass is 10.00. The Labute approximate surface area is 121 Å². The van der Waals surface area contributed by atoms with E-state index in [-0.39, 0.29) is 6.04 Å². The van der Waals surface area contributed by atoms with Crippen LogP contribution in [0.5, 0.6) is 5.75 Å². The van der Waals surface area contributed by atoms with Crippen LogP contribution in [0, 0.1) is 11.3 Å². The molecule has 1 aromatic rings. The first kappa shape index (κ1) is 14.8. The van der Waals surface area contributed by atoms with Crippen molar-refractivity contribution in [1.29, 1.82) is 5.26 Å². The van der Waals surface area contributed by atoms with Crippen LogP contribution in [0.4, 0.5) is 0 Å². The normalized spacial score (nSPS) is 24.9. The number of ether oxygens (including phenoxy) is 1. The Morgan fingerprint density at radius 1 is 1.30 bits per heavy atom. The maximum atomic E-state index is 9.29. The molecule has 0 radical (unpaired) electrons. The van der Waals surface area contributed by atoms with Gasteiger partial charge in [-0.05, 0) is 38.8 Å². The Morgan fingerprint density at radius 2 is 1.95 bits per heavy atom. The summed E-state index contributed by atoms with van der Waals surface area (Å²) in [5.41, 5.74) is 3.32. The highest BCUT2D eigenvalue weighted by Gasteiger charge is 2.26. The van der Waals surface area contributed by atoms with E-state index < -0.39 is 0 Å². The third kappa shape index (κ3) is 3.96. The molecule has 0 bridgehead atoms. The first-order valence-corrected chi connectivity index (χ1v) is 7.32. The summed E-state index contributed by atoms with van der Waals surface area (Å²) in [4.78, 5) is 0. The molecule has 4 nitrogen and oxygen atoms in total. The van der Waals surface area contributed by atoms with Gasteiger partial charge in [-0.15, -0.1) is 0 Å². The fourth-order valence-corrected chi connectivity index (χ4v) is 2.66. The third-order valence-electron chi connectivity index (χ3n) is 3.81. The van der Waals surface area contributed by atoms with Gasteiger partial charge in [0, 0.05) is 12.1 Å². The van der Waals surface area contributed by atoms with Gasteiger partial charge in [-0.1, -0.05) is 24.6 Å². The molecule has 0 spiro atoms. The smallest absolute Gasteiger partial charge is 0.142 e. The number of hydrogen-bond acceptors (Lipinski definition) is 4. The number of benzene rings is 1. The highest BCUT2D eigenvalue weighted by molar-refractivity contribution is 5.21. The van der Waals surface area contributed by atoms with E-state index in [0.29, 0.717) is 18.7 Å². The van der Waals surface area contributed by atoms with Crippen molar-refractivity contribution in [3.05, 3.63) is 30.3 Å². The molecule has 0 saturated carbocycles. The second-order valence-corrected chi connectivity index (χ2v) is 5.47. The quantitative estimate of drug-likeness (QED) is 0.896. The fraction of sp³-hybridized carbons (Fsp3) is 0.562. The first-order chi connectivity index (χ1) is 9.70. The third-order valence-corrected chi connectivity index (χ3v) is 3.81. The van der Waals surface area contributed by atoms with Gasteiger partial charge in [0.25, 0.3) is 0 Å². The summed E-state index contributed by atoms with van der Waals surface area (Å²) in [6, 6.07) is 12.5. The van der Waals surface area contributed by atoms with Gasteiger partial charge in [0.05, 0.1) is 6.07 Å². The SMILES string of the molecule is CC1CCCC(C)N1NC(C#N)COc1ccccc1. The van der Waals surface area contributed by atoms with Crippen molar-refractivity contribution in [3.8, 4) is 11.8 Å². The monoisotopic (exact) mass is 273 g/mol. The summed E-state index contributed by atoms with van der Waals surface area (Å²) in [7, 11) is 0. The van der Waals surface area contributed by atoms with E-state index in [0.717, 1.165) is 5.75 Å². The van der Waals surface area contributed by atoms with Crippen molar-refractivity contribution < 1.29 is 4.74 Å². The molecule has 0 aliphatic carbocycles. The van der Waals surface area contributed by atoms with Gasteiger partial charge in [0.1, 0.15) is 18.4 Å². The van der Waals surface area contributed by atoms with E-state index in [1.165, 1.54) is 19.3 Å². The molecular weight excluding hydrogens is 250 g/mol. The molecule has 108 valence electrons. The molecule has 1 N–H and O–H groups in total. The van der Waals surface area contributed by atoms with Crippen LogP contribution in [0.1, 0.15) is 33.1 Å². The van der Waals surface area contributed by atoms with Crippen LogP contribution in [0.25, 0.3) is 0 Å². The lowest BCUT2D eigenvalue weighted by Crippen LogP contribution is -2.56. The van der Waals surface area contributed by atoms with E-state index in [9.17, 15) is 5.26 Å². The minimum atomic E-state index is -0.321. The predicted molar refractivity (Wildman–Crippen MR) is 79.1 cm³/mol. The lowest BCUT2D eigenvalue weighted by Gasteiger charge is -2.40. The van der Waals surface area contributed by atoms with E-state index >= 15 is 0 Å². The molecule has 20 heavy (non-hydrogen) atoms. The molecule has 3 unspecified atom stereocenters. The zero-order valence-corrected chi connectivity index (χ0v) is 12.2. The van der Waals surface area contributed by atoms with Crippen LogP contribution in [-0.4, -0.2) is 29.7 Å². The highest BCUT2D eigenvalue weighted by Crippen LogP contribution is 2.20. The van der Waals surface area contributed by atoms with Gasteiger partial charge >= 0.3 is 0 Å². The molecule has 3 atom stereocenters. The molecule has 1 aromatic carbocycles. The Hall–Kier alpha value is -1.57. The van der Waals surface area contributed by atoms with Crippen molar-refractivity contribution in [2.24, 2.45) is 0 Å². The maximum absolute atomic E-state index is 9.29. The van der Waals surface area contributed by atoms with Crippen molar-refractivity contribution in [1.82, 2.24) is 10.4 Å². The number of rotatable bonds is 5. The second-order valence-electron chi connectivity index (χ2n) is 5.47. The summed E-state index contributed by atoms with van der Waals surface area (Å²) >= 11 is 0. The molecular formula is C16H23N3O. The van der Waals surface area contributed by atoms with Gasteiger partial charge in [0.15, 0.2) is 0 Å². The molecule has 1 aliphatic rings. The Kier molecular flexibility index (Phi) is 5.40. The van der Waals surface area contributed by atoms with Crippen LogP contribution in [0.2, 0.25) is 0 Å². The topological polar surface area (TPSA) is 48.3 Å². The van der Waals surface area contributed by atoms with E-state index in [2.05, 4.69) is 30.4 Å². The standard InChI is InChI=1S/C16H23N3O/c1-13-7-6-8-14(2)19(13)18-15(11-17)12-20-16-9-4-3-5-10-16/h3-5,9-10,13-15,18H,6-8,12H2,1-2H3. The number of piperidine rings is 1. The van der Waals surface area contributed by atoms with Gasteiger partial charge < -0.3 is 4.74 Å². The molecule has 1 saturated heterocycles. The average molecular weight is 273 g/mol. The number of hydrazine groups is 1. The summed E-state index contributed by atoms with van der Waals surface area (Å²) < 4.78 is 5.66. The maximum Gasteiger partial charge on any atom is 0.142 e. The number of nitrogens with zero attached hydrogens (tertiary/aromatic N) is 2. The van der Waals surface area contributed by atoms with Gasteiger partial charge in [0.2, 0.25) is 0 Å². The van der Waals surface area contributed by atoms with Crippen LogP contribution in [-0.2, 0) is 0 Å². The molecule has 2 rings (SSSR count). The zero-order valence-electron chi connectivity index (χ0n) is 12.2. The van der Waals surface area contributed by atoms with Crippen LogP contribution < -0.4 is 10.2 Å². The molecule has 1 fully saturated rings. The Morgan fingerprint density at radius 3 is 2.55 bits per heavy atom. The Balaban J connectivity index is 1.87. The van der Waals surface area contributed by atoms with Gasteiger partial charge in [-0.25, -0.2) is 10.4 Å². The number of hydrogen-bond donors (Lipinski definition) is 1. The summed E-state index contributed by atoms with van der Waals surface area (Å²) in [6.07, 6.45) is 3.61. The Bertz CT molecular complexity index is 433.